The number of fused-ring (bicyclic) bond motifs is 1. The van der Waals surface area contributed by atoms with Crippen molar-refractivity contribution in [2.75, 3.05) is 19.6 Å². The Morgan fingerprint density at radius 3 is 2.65 bits per heavy atom. The van der Waals surface area contributed by atoms with Gasteiger partial charge >= 0.3 is 0 Å². The molecule has 6 heteroatoms. The molecule has 3 aliphatic rings. The first-order valence-electron chi connectivity index (χ1n) is 7.61. The molecule has 3 aliphatic heterocycles. The zero-order chi connectivity index (χ0) is 12.4. The van der Waals surface area contributed by atoms with Gasteiger partial charge in [0.2, 0.25) is 5.91 Å². The summed E-state index contributed by atoms with van der Waals surface area (Å²) in [5, 5.41) is 6.61. The third kappa shape index (κ3) is 4.23. The number of carbonyl (C=O) groups excluding carboxylic acids is 1. The second-order valence-electron chi connectivity index (χ2n) is 6.06. The predicted molar refractivity (Wildman–Crippen MR) is 85.9 cm³/mol. The normalized spacial score (nSPS) is 33.5. The van der Waals surface area contributed by atoms with E-state index < -0.39 is 0 Å². The summed E-state index contributed by atoms with van der Waals surface area (Å²) < 4.78 is 0. The van der Waals surface area contributed by atoms with Crippen molar-refractivity contribution in [1.29, 1.82) is 0 Å². The van der Waals surface area contributed by atoms with Crippen molar-refractivity contribution in [3.8, 4) is 0 Å². The van der Waals surface area contributed by atoms with Gasteiger partial charge in [-0.1, -0.05) is 6.42 Å². The number of halogens is 2. The lowest BCUT2D eigenvalue weighted by molar-refractivity contribution is -0.124. The average Bonchev–Trinajstić information content (AvgIpc) is 2.87. The van der Waals surface area contributed by atoms with E-state index in [0.29, 0.717) is 6.04 Å². The zero-order valence-corrected chi connectivity index (χ0v) is 13.6. The topological polar surface area (TPSA) is 44.4 Å². The molecule has 3 saturated heterocycles. The molecule has 0 aromatic carbocycles. The Bertz CT molecular complexity index is 311. The molecule has 3 fully saturated rings. The van der Waals surface area contributed by atoms with E-state index in [-0.39, 0.29) is 36.8 Å². The summed E-state index contributed by atoms with van der Waals surface area (Å²) in [4.78, 5) is 14.8. The van der Waals surface area contributed by atoms with Gasteiger partial charge in [-0.25, -0.2) is 0 Å². The maximum atomic E-state index is 12.2. The Kier molecular flexibility index (Phi) is 7.59. The Morgan fingerprint density at radius 2 is 1.90 bits per heavy atom. The van der Waals surface area contributed by atoms with Crippen LogP contribution in [0, 0.1) is 0 Å². The van der Waals surface area contributed by atoms with Crippen molar-refractivity contribution in [2.24, 2.45) is 0 Å². The zero-order valence-electron chi connectivity index (χ0n) is 12.0. The molecule has 0 aliphatic carbocycles. The van der Waals surface area contributed by atoms with Gasteiger partial charge < -0.3 is 15.5 Å². The van der Waals surface area contributed by atoms with E-state index in [1.807, 2.05) is 0 Å². The monoisotopic (exact) mass is 323 g/mol. The number of rotatable bonds is 2. The predicted octanol–water partition coefficient (Wildman–Crippen LogP) is 1.72. The molecule has 0 aromatic rings. The highest BCUT2D eigenvalue weighted by atomic mass is 35.5. The summed E-state index contributed by atoms with van der Waals surface area (Å²) in [6.07, 6.45) is 8.38. The van der Waals surface area contributed by atoms with Crippen LogP contribution in [0.15, 0.2) is 0 Å². The van der Waals surface area contributed by atoms with Gasteiger partial charge in [0.25, 0.3) is 0 Å². The Hall–Kier alpha value is -0.0300. The van der Waals surface area contributed by atoms with Gasteiger partial charge in [0.15, 0.2) is 0 Å². The fourth-order valence-corrected chi connectivity index (χ4v) is 3.73. The van der Waals surface area contributed by atoms with Crippen LogP contribution in [-0.4, -0.2) is 48.6 Å². The summed E-state index contributed by atoms with van der Waals surface area (Å²) in [6.45, 7) is 3.45. The summed E-state index contributed by atoms with van der Waals surface area (Å²) in [7, 11) is 0. The van der Waals surface area contributed by atoms with Crippen LogP contribution >= 0.6 is 24.8 Å². The van der Waals surface area contributed by atoms with Gasteiger partial charge in [-0.3, -0.25) is 4.79 Å². The van der Waals surface area contributed by atoms with E-state index >= 15 is 0 Å². The van der Waals surface area contributed by atoms with E-state index in [9.17, 15) is 4.79 Å². The fraction of sp³-hybridized carbons (Fsp3) is 0.929. The van der Waals surface area contributed by atoms with E-state index in [1.165, 1.54) is 45.2 Å². The molecule has 0 bridgehead atoms. The smallest absolute Gasteiger partial charge is 0.237 e. The number of hydrogen-bond donors (Lipinski definition) is 2. The fourth-order valence-electron chi connectivity index (χ4n) is 3.73. The summed E-state index contributed by atoms with van der Waals surface area (Å²) in [5.41, 5.74) is 0. The van der Waals surface area contributed by atoms with Crippen LogP contribution in [-0.2, 0) is 4.79 Å². The molecule has 20 heavy (non-hydrogen) atoms. The van der Waals surface area contributed by atoms with Crippen LogP contribution < -0.4 is 10.6 Å². The van der Waals surface area contributed by atoms with Crippen molar-refractivity contribution >= 4 is 30.7 Å². The number of nitrogens with zero attached hydrogens (tertiary/aromatic N) is 1. The van der Waals surface area contributed by atoms with E-state index in [2.05, 4.69) is 15.5 Å². The average molecular weight is 324 g/mol. The van der Waals surface area contributed by atoms with Crippen LogP contribution in [0.2, 0.25) is 0 Å². The number of piperidine rings is 2. The minimum absolute atomic E-state index is 0. The van der Waals surface area contributed by atoms with Gasteiger partial charge in [-0.2, -0.15) is 0 Å². The second kappa shape index (κ2) is 8.42. The number of hydrogen-bond acceptors (Lipinski definition) is 3. The molecular formula is C14H27Cl2N3O. The van der Waals surface area contributed by atoms with Crippen molar-refractivity contribution in [3.05, 3.63) is 0 Å². The summed E-state index contributed by atoms with van der Waals surface area (Å²) >= 11 is 0. The minimum Gasteiger partial charge on any atom is -0.352 e. The number of amides is 1. The van der Waals surface area contributed by atoms with E-state index in [0.717, 1.165) is 25.4 Å². The van der Waals surface area contributed by atoms with Crippen LogP contribution in [0.5, 0.6) is 0 Å². The maximum absolute atomic E-state index is 12.2. The third-order valence-electron chi connectivity index (χ3n) is 4.79. The summed E-state index contributed by atoms with van der Waals surface area (Å²) in [6, 6.07) is 1.23. The molecule has 0 saturated carbocycles. The first-order chi connectivity index (χ1) is 8.83. The molecule has 118 valence electrons. The van der Waals surface area contributed by atoms with Crippen molar-refractivity contribution in [2.45, 2.75) is 63.1 Å². The van der Waals surface area contributed by atoms with Gasteiger partial charge in [0.05, 0.1) is 6.04 Å². The van der Waals surface area contributed by atoms with Crippen LogP contribution in [0.4, 0.5) is 0 Å². The van der Waals surface area contributed by atoms with Crippen molar-refractivity contribution in [1.82, 2.24) is 15.5 Å². The van der Waals surface area contributed by atoms with Crippen LogP contribution in [0.25, 0.3) is 0 Å². The van der Waals surface area contributed by atoms with Crippen LogP contribution in [0.3, 0.4) is 0 Å². The molecule has 0 aromatic heterocycles. The Morgan fingerprint density at radius 1 is 1.05 bits per heavy atom. The standard InChI is InChI=1S/C14H25N3O.2ClH/c18-14(13-5-1-2-7-15-13)16-11-6-9-17-8-3-4-12(17)10-11;;/h11-13,15H,1-10H2,(H,16,18);2*1H/t11?,12?,13-;;/m0../s1. The largest absolute Gasteiger partial charge is 0.352 e. The molecule has 1 amide bonds. The molecule has 3 atom stereocenters. The summed E-state index contributed by atoms with van der Waals surface area (Å²) in [5.74, 6) is 0.242. The minimum atomic E-state index is 0. The lowest BCUT2D eigenvalue weighted by atomic mass is 9.96. The molecule has 2 unspecified atom stereocenters. The van der Waals surface area contributed by atoms with Gasteiger partial charge in [0, 0.05) is 18.6 Å². The van der Waals surface area contributed by atoms with Crippen molar-refractivity contribution in [3.63, 3.8) is 0 Å². The van der Waals surface area contributed by atoms with E-state index in [4.69, 9.17) is 0 Å². The Balaban J connectivity index is 0.000001000. The lowest BCUT2D eigenvalue weighted by Gasteiger charge is -2.36. The van der Waals surface area contributed by atoms with Gasteiger partial charge in [-0.15, -0.1) is 24.8 Å². The van der Waals surface area contributed by atoms with Gasteiger partial charge in [-0.05, 0) is 51.6 Å². The molecular weight excluding hydrogens is 297 g/mol. The molecule has 0 radical (unpaired) electrons. The molecule has 2 N–H and O–H groups in total. The molecule has 0 spiro atoms. The maximum Gasteiger partial charge on any atom is 0.237 e. The SMILES string of the molecule is Cl.Cl.O=C(NC1CCN2CCCC2C1)[C@@H]1CCCCN1. The Labute approximate surface area is 134 Å². The quantitative estimate of drug-likeness (QED) is 0.813. The number of carbonyl (C=O) groups is 1. The first kappa shape index (κ1) is 18.0. The number of nitrogens with one attached hydrogen (secondary N) is 2. The highest BCUT2D eigenvalue weighted by Crippen LogP contribution is 2.26. The molecule has 4 nitrogen and oxygen atoms in total. The van der Waals surface area contributed by atoms with Gasteiger partial charge in [0.1, 0.15) is 0 Å². The second-order valence-corrected chi connectivity index (χ2v) is 6.06. The van der Waals surface area contributed by atoms with Crippen LogP contribution in [0.1, 0.15) is 44.9 Å². The molecule has 3 heterocycles. The van der Waals surface area contributed by atoms with Crippen molar-refractivity contribution < 1.29 is 4.79 Å². The first-order valence-corrected chi connectivity index (χ1v) is 7.61. The highest BCUT2D eigenvalue weighted by Gasteiger charge is 2.33. The third-order valence-corrected chi connectivity index (χ3v) is 4.79. The molecule has 3 rings (SSSR count). The lowest BCUT2D eigenvalue weighted by Crippen LogP contribution is -2.53. The van der Waals surface area contributed by atoms with E-state index in [1.54, 1.807) is 0 Å². The highest BCUT2D eigenvalue weighted by molar-refractivity contribution is 5.85.